The van der Waals surface area contributed by atoms with Crippen LogP contribution in [0.5, 0.6) is 11.5 Å². The van der Waals surface area contributed by atoms with E-state index in [9.17, 15) is 9.59 Å². The van der Waals surface area contributed by atoms with Crippen LogP contribution in [0.25, 0.3) is 12.2 Å². The highest BCUT2D eigenvalue weighted by molar-refractivity contribution is 5.96. The van der Waals surface area contributed by atoms with Gasteiger partial charge in [0.2, 0.25) is 0 Å². The number of carbonyl (C=O) groups excluding carboxylic acids is 2. The van der Waals surface area contributed by atoms with E-state index in [0.717, 1.165) is 11.3 Å². The summed E-state index contributed by atoms with van der Waals surface area (Å²) in [7, 11) is 0. The number of nitrogens with one attached hydrogen (secondary N) is 1. The van der Waals surface area contributed by atoms with E-state index in [1.165, 1.54) is 0 Å². The minimum absolute atomic E-state index is 0.249. The molecule has 1 aromatic heterocycles. The van der Waals surface area contributed by atoms with Crippen molar-refractivity contribution < 1.29 is 19.1 Å². The van der Waals surface area contributed by atoms with Crippen LogP contribution in [-0.4, -0.2) is 30.0 Å². The first-order chi connectivity index (χ1) is 14.7. The molecule has 0 saturated heterocycles. The third kappa shape index (κ3) is 6.04. The van der Waals surface area contributed by atoms with E-state index in [-0.39, 0.29) is 12.5 Å². The molecule has 3 rings (SSSR count). The van der Waals surface area contributed by atoms with Crippen molar-refractivity contribution in [1.82, 2.24) is 10.3 Å². The predicted molar refractivity (Wildman–Crippen MR) is 115 cm³/mol. The Labute approximate surface area is 175 Å². The van der Waals surface area contributed by atoms with Crippen molar-refractivity contribution in [3.63, 3.8) is 0 Å². The highest BCUT2D eigenvalue weighted by Crippen LogP contribution is 2.29. The second-order valence-electron chi connectivity index (χ2n) is 6.25. The summed E-state index contributed by atoms with van der Waals surface area (Å²) in [5.74, 6) is -0.182. The Bertz CT molecular complexity index is 1020. The average Bonchev–Trinajstić information content (AvgIpc) is 2.79. The van der Waals surface area contributed by atoms with Crippen molar-refractivity contribution in [2.75, 3.05) is 13.2 Å². The summed E-state index contributed by atoms with van der Waals surface area (Å²) in [6.07, 6.45) is 5.51. The largest absolute Gasteiger partial charge is 0.490 e. The topological polar surface area (TPSA) is 77.5 Å². The van der Waals surface area contributed by atoms with Gasteiger partial charge < -0.3 is 14.8 Å². The lowest BCUT2D eigenvalue weighted by molar-refractivity contribution is -0.133. The Kier molecular flexibility index (Phi) is 7.33. The molecular weight excluding hydrogens is 380 g/mol. The summed E-state index contributed by atoms with van der Waals surface area (Å²) in [4.78, 5) is 28.5. The highest BCUT2D eigenvalue weighted by Gasteiger charge is 2.13. The number of rotatable bonds is 8. The lowest BCUT2D eigenvalue weighted by Gasteiger charge is -2.12. The van der Waals surface area contributed by atoms with Crippen LogP contribution in [0.15, 0.2) is 72.9 Å². The van der Waals surface area contributed by atoms with E-state index < -0.39 is 5.97 Å². The first-order valence-electron chi connectivity index (χ1n) is 9.55. The van der Waals surface area contributed by atoms with E-state index in [0.29, 0.717) is 23.7 Å². The maximum atomic E-state index is 12.2. The van der Waals surface area contributed by atoms with Crippen LogP contribution in [0.2, 0.25) is 0 Å². The smallest absolute Gasteiger partial charge is 0.330 e. The molecule has 0 unspecified atom stereocenters. The average molecular weight is 402 g/mol. The van der Waals surface area contributed by atoms with Crippen molar-refractivity contribution in [3.05, 3.63) is 89.7 Å². The van der Waals surface area contributed by atoms with Gasteiger partial charge in [-0.2, -0.15) is 0 Å². The molecular formula is C24H22N2O4. The minimum atomic E-state index is -0.586. The van der Waals surface area contributed by atoms with Gasteiger partial charge in [-0.15, -0.1) is 0 Å². The number of esters is 1. The third-order valence-corrected chi connectivity index (χ3v) is 4.05. The Morgan fingerprint density at radius 1 is 0.967 bits per heavy atom. The second-order valence-corrected chi connectivity index (χ2v) is 6.25. The fourth-order valence-corrected chi connectivity index (χ4v) is 2.64. The van der Waals surface area contributed by atoms with Crippen LogP contribution in [0, 0.1) is 0 Å². The van der Waals surface area contributed by atoms with Gasteiger partial charge in [-0.1, -0.05) is 36.4 Å². The number of hydrogen-bond acceptors (Lipinski definition) is 5. The summed E-state index contributed by atoms with van der Waals surface area (Å²) < 4.78 is 11.0. The lowest BCUT2D eigenvalue weighted by atomic mass is 10.1. The van der Waals surface area contributed by atoms with Crippen molar-refractivity contribution >= 4 is 24.0 Å². The zero-order chi connectivity index (χ0) is 21.2. The van der Waals surface area contributed by atoms with Gasteiger partial charge in [0.15, 0.2) is 11.5 Å². The SMILES string of the molecule is CCOc1cc(/C=C/c2ccccn2)ccc1OC(=O)CNC(=O)c1ccccc1. The lowest BCUT2D eigenvalue weighted by Crippen LogP contribution is -2.31. The van der Waals surface area contributed by atoms with Gasteiger partial charge in [0, 0.05) is 11.8 Å². The summed E-state index contributed by atoms with van der Waals surface area (Å²) in [5, 5.41) is 2.55. The molecule has 0 radical (unpaired) electrons. The van der Waals surface area contributed by atoms with Crippen molar-refractivity contribution in [1.29, 1.82) is 0 Å². The monoisotopic (exact) mass is 402 g/mol. The normalized spacial score (nSPS) is 10.6. The zero-order valence-corrected chi connectivity index (χ0v) is 16.6. The molecule has 0 bridgehead atoms. The molecule has 0 aliphatic heterocycles. The van der Waals surface area contributed by atoms with Gasteiger partial charge in [-0.05, 0) is 55.0 Å². The highest BCUT2D eigenvalue weighted by atomic mass is 16.6. The molecule has 1 amide bonds. The Morgan fingerprint density at radius 3 is 2.50 bits per heavy atom. The molecule has 3 aromatic rings. The third-order valence-electron chi connectivity index (χ3n) is 4.05. The molecule has 0 saturated carbocycles. The first-order valence-corrected chi connectivity index (χ1v) is 9.55. The van der Waals surface area contributed by atoms with Crippen LogP contribution in [0.1, 0.15) is 28.5 Å². The minimum Gasteiger partial charge on any atom is -0.490 e. The summed E-state index contributed by atoms with van der Waals surface area (Å²) in [6, 6.07) is 19.6. The van der Waals surface area contributed by atoms with E-state index in [2.05, 4.69) is 10.3 Å². The summed E-state index contributed by atoms with van der Waals surface area (Å²) >= 11 is 0. The van der Waals surface area contributed by atoms with Crippen LogP contribution in [0.4, 0.5) is 0 Å². The molecule has 0 aliphatic carbocycles. The molecule has 6 nitrogen and oxygen atoms in total. The van der Waals surface area contributed by atoms with Gasteiger partial charge in [-0.25, -0.2) is 4.79 Å². The molecule has 0 fully saturated rings. The number of nitrogens with zero attached hydrogens (tertiary/aromatic N) is 1. The number of aromatic nitrogens is 1. The number of hydrogen-bond donors (Lipinski definition) is 1. The van der Waals surface area contributed by atoms with Crippen molar-refractivity contribution in [2.45, 2.75) is 6.92 Å². The standard InChI is InChI=1S/C24H22N2O4/c1-2-29-22-16-18(11-13-20-10-6-7-15-25-20)12-14-21(22)30-23(27)17-26-24(28)19-8-4-3-5-9-19/h3-16H,2,17H2,1H3,(H,26,28)/b13-11+. The zero-order valence-electron chi connectivity index (χ0n) is 16.6. The number of carbonyl (C=O) groups is 2. The van der Waals surface area contributed by atoms with Gasteiger partial charge in [0.25, 0.3) is 5.91 Å². The van der Waals surface area contributed by atoms with Gasteiger partial charge >= 0.3 is 5.97 Å². The van der Waals surface area contributed by atoms with Crippen LogP contribution in [0.3, 0.4) is 0 Å². The molecule has 152 valence electrons. The molecule has 2 aromatic carbocycles. The first kappa shape index (κ1) is 20.8. The van der Waals surface area contributed by atoms with E-state index in [4.69, 9.17) is 9.47 Å². The van der Waals surface area contributed by atoms with Crippen LogP contribution >= 0.6 is 0 Å². The fourth-order valence-electron chi connectivity index (χ4n) is 2.64. The van der Waals surface area contributed by atoms with Gasteiger partial charge in [0.05, 0.1) is 12.3 Å². The molecule has 1 N–H and O–H groups in total. The van der Waals surface area contributed by atoms with E-state index in [1.807, 2.05) is 49.4 Å². The predicted octanol–water partition coefficient (Wildman–Crippen LogP) is 3.99. The summed E-state index contributed by atoms with van der Waals surface area (Å²) in [5.41, 5.74) is 2.19. The van der Waals surface area contributed by atoms with E-state index in [1.54, 1.807) is 42.6 Å². The van der Waals surface area contributed by atoms with Crippen molar-refractivity contribution in [3.8, 4) is 11.5 Å². The number of amides is 1. The van der Waals surface area contributed by atoms with Crippen molar-refractivity contribution in [2.24, 2.45) is 0 Å². The molecule has 0 atom stereocenters. The van der Waals surface area contributed by atoms with Gasteiger partial charge in [-0.3, -0.25) is 9.78 Å². The van der Waals surface area contributed by atoms with Crippen LogP contribution < -0.4 is 14.8 Å². The number of ether oxygens (including phenoxy) is 2. The van der Waals surface area contributed by atoms with Crippen LogP contribution in [-0.2, 0) is 4.79 Å². The summed E-state index contributed by atoms with van der Waals surface area (Å²) in [6.45, 7) is 2.02. The second kappa shape index (κ2) is 10.6. The maximum absolute atomic E-state index is 12.2. The van der Waals surface area contributed by atoms with E-state index >= 15 is 0 Å². The Hall–Kier alpha value is -3.93. The quantitative estimate of drug-likeness (QED) is 0.455. The molecule has 0 aliphatic rings. The number of benzene rings is 2. The maximum Gasteiger partial charge on any atom is 0.330 e. The molecule has 6 heteroatoms. The molecule has 0 spiro atoms. The fraction of sp³-hybridized carbons (Fsp3) is 0.125. The Balaban J connectivity index is 1.63. The molecule has 1 heterocycles. The number of pyridine rings is 1. The van der Waals surface area contributed by atoms with Gasteiger partial charge in [0.1, 0.15) is 6.54 Å². The Morgan fingerprint density at radius 2 is 1.77 bits per heavy atom. The molecule has 30 heavy (non-hydrogen) atoms.